The van der Waals surface area contributed by atoms with Gasteiger partial charge in [-0.15, -0.1) is 0 Å². The standard InChI is InChI=1S/C13H18F2N2O/c1-4-17(7-8(2)3)13(18)9-5-10(14)11(15)6-12(9)16/h5-6,8H,4,7,16H2,1-3H3. The van der Waals surface area contributed by atoms with Crippen molar-refractivity contribution < 1.29 is 13.6 Å². The number of carbonyl (C=O) groups excluding carboxylic acids is 1. The predicted octanol–water partition coefficient (Wildman–Crippen LogP) is 2.67. The minimum atomic E-state index is -1.06. The molecular weight excluding hydrogens is 238 g/mol. The zero-order valence-electron chi connectivity index (χ0n) is 10.8. The molecule has 0 spiro atoms. The quantitative estimate of drug-likeness (QED) is 0.842. The number of carbonyl (C=O) groups is 1. The van der Waals surface area contributed by atoms with Gasteiger partial charge in [-0.2, -0.15) is 0 Å². The van der Waals surface area contributed by atoms with E-state index in [1.54, 1.807) is 4.90 Å². The Balaban J connectivity index is 3.05. The van der Waals surface area contributed by atoms with Crippen LogP contribution in [0.25, 0.3) is 0 Å². The van der Waals surface area contributed by atoms with Gasteiger partial charge in [0.05, 0.1) is 5.56 Å². The number of nitrogens with zero attached hydrogens (tertiary/aromatic N) is 1. The molecule has 0 bridgehead atoms. The highest BCUT2D eigenvalue weighted by atomic mass is 19.2. The fourth-order valence-electron chi connectivity index (χ4n) is 1.71. The summed E-state index contributed by atoms with van der Waals surface area (Å²) in [4.78, 5) is 13.7. The Hall–Kier alpha value is -1.65. The van der Waals surface area contributed by atoms with Crippen LogP contribution in [0.3, 0.4) is 0 Å². The van der Waals surface area contributed by atoms with Gasteiger partial charge in [-0.05, 0) is 18.9 Å². The number of halogens is 2. The van der Waals surface area contributed by atoms with E-state index in [-0.39, 0.29) is 17.2 Å². The summed E-state index contributed by atoms with van der Waals surface area (Å²) in [5.41, 5.74) is 5.53. The normalized spacial score (nSPS) is 10.8. The van der Waals surface area contributed by atoms with E-state index in [0.717, 1.165) is 12.1 Å². The zero-order chi connectivity index (χ0) is 13.9. The van der Waals surface area contributed by atoms with Crippen molar-refractivity contribution in [3.8, 4) is 0 Å². The summed E-state index contributed by atoms with van der Waals surface area (Å²) in [6, 6.07) is 1.70. The van der Waals surface area contributed by atoms with E-state index in [4.69, 9.17) is 5.73 Å². The van der Waals surface area contributed by atoms with Crippen LogP contribution in [0.4, 0.5) is 14.5 Å². The van der Waals surface area contributed by atoms with Gasteiger partial charge in [0, 0.05) is 24.8 Å². The number of anilines is 1. The molecule has 18 heavy (non-hydrogen) atoms. The minimum Gasteiger partial charge on any atom is -0.398 e. The molecule has 1 amide bonds. The van der Waals surface area contributed by atoms with Gasteiger partial charge in [-0.1, -0.05) is 13.8 Å². The van der Waals surface area contributed by atoms with E-state index in [1.807, 2.05) is 20.8 Å². The average Bonchev–Trinajstić information content (AvgIpc) is 2.29. The van der Waals surface area contributed by atoms with Crippen molar-refractivity contribution in [3.63, 3.8) is 0 Å². The second-order valence-electron chi connectivity index (χ2n) is 4.59. The topological polar surface area (TPSA) is 46.3 Å². The minimum absolute atomic E-state index is 0.0106. The van der Waals surface area contributed by atoms with E-state index < -0.39 is 11.6 Å². The van der Waals surface area contributed by atoms with Crippen molar-refractivity contribution in [2.24, 2.45) is 5.92 Å². The molecule has 1 aromatic rings. The van der Waals surface area contributed by atoms with Crippen molar-refractivity contribution >= 4 is 11.6 Å². The molecule has 0 aliphatic carbocycles. The van der Waals surface area contributed by atoms with Crippen molar-refractivity contribution in [3.05, 3.63) is 29.3 Å². The summed E-state index contributed by atoms with van der Waals surface area (Å²) >= 11 is 0. The lowest BCUT2D eigenvalue weighted by atomic mass is 10.1. The lowest BCUT2D eigenvalue weighted by molar-refractivity contribution is 0.0746. The SMILES string of the molecule is CCN(CC(C)C)C(=O)c1cc(F)c(F)cc1N. The largest absolute Gasteiger partial charge is 0.398 e. The Bertz CT molecular complexity index is 447. The zero-order valence-corrected chi connectivity index (χ0v) is 10.8. The van der Waals surface area contributed by atoms with Crippen LogP contribution in [0.5, 0.6) is 0 Å². The third kappa shape index (κ3) is 3.18. The lowest BCUT2D eigenvalue weighted by Crippen LogP contribution is -2.34. The van der Waals surface area contributed by atoms with Gasteiger partial charge in [-0.25, -0.2) is 8.78 Å². The number of amides is 1. The highest BCUT2D eigenvalue weighted by Gasteiger charge is 2.19. The summed E-state index contributed by atoms with van der Waals surface area (Å²) in [6.45, 7) is 6.83. The van der Waals surface area contributed by atoms with Crippen LogP contribution < -0.4 is 5.73 Å². The molecule has 0 fully saturated rings. The Labute approximate surface area is 106 Å². The Morgan fingerprint density at radius 3 is 2.39 bits per heavy atom. The fourth-order valence-corrected chi connectivity index (χ4v) is 1.71. The fraction of sp³-hybridized carbons (Fsp3) is 0.462. The maximum atomic E-state index is 13.1. The maximum absolute atomic E-state index is 13.1. The van der Waals surface area contributed by atoms with Crippen LogP contribution in [-0.2, 0) is 0 Å². The molecule has 3 nitrogen and oxygen atoms in total. The van der Waals surface area contributed by atoms with Crippen molar-refractivity contribution in [1.29, 1.82) is 0 Å². The van der Waals surface area contributed by atoms with Crippen LogP contribution in [0.1, 0.15) is 31.1 Å². The number of nitrogens with two attached hydrogens (primary N) is 1. The molecule has 0 aliphatic rings. The van der Waals surface area contributed by atoms with Gasteiger partial charge in [0.2, 0.25) is 0 Å². The monoisotopic (exact) mass is 256 g/mol. The Morgan fingerprint density at radius 1 is 1.33 bits per heavy atom. The maximum Gasteiger partial charge on any atom is 0.256 e. The molecule has 0 aliphatic heterocycles. The van der Waals surface area contributed by atoms with E-state index >= 15 is 0 Å². The number of nitrogen functional groups attached to an aromatic ring is 1. The highest BCUT2D eigenvalue weighted by Crippen LogP contribution is 2.19. The van der Waals surface area contributed by atoms with Crippen LogP contribution in [-0.4, -0.2) is 23.9 Å². The number of rotatable bonds is 4. The van der Waals surface area contributed by atoms with Crippen LogP contribution in [0, 0.1) is 17.6 Å². The van der Waals surface area contributed by atoms with E-state index in [0.29, 0.717) is 19.0 Å². The van der Waals surface area contributed by atoms with Gasteiger partial charge in [0.15, 0.2) is 11.6 Å². The van der Waals surface area contributed by atoms with Gasteiger partial charge in [0.25, 0.3) is 5.91 Å². The summed E-state index contributed by atoms with van der Waals surface area (Å²) in [5.74, 6) is -2.19. The first-order valence-corrected chi connectivity index (χ1v) is 5.90. The van der Waals surface area contributed by atoms with Gasteiger partial charge in [-0.3, -0.25) is 4.79 Å². The van der Waals surface area contributed by atoms with Crippen molar-refractivity contribution in [2.45, 2.75) is 20.8 Å². The molecule has 0 saturated carbocycles. The van der Waals surface area contributed by atoms with Gasteiger partial charge in [0.1, 0.15) is 0 Å². The van der Waals surface area contributed by atoms with Crippen LogP contribution in [0.15, 0.2) is 12.1 Å². The van der Waals surface area contributed by atoms with Crippen LogP contribution in [0.2, 0.25) is 0 Å². The molecule has 0 atom stereocenters. The third-order valence-electron chi connectivity index (χ3n) is 2.58. The first kappa shape index (κ1) is 14.4. The average molecular weight is 256 g/mol. The second kappa shape index (κ2) is 5.80. The molecule has 0 saturated heterocycles. The third-order valence-corrected chi connectivity index (χ3v) is 2.58. The molecule has 0 unspecified atom stereocenters. The summed E-state index contributed by atoms with van der Waals surface area (Å²) in [5, 5.41) is 0. The summed E-state index contributed by atoms with van der Waals surface area (Å²) in [7, 11) is 0. The van der Waals surface area contributed by atoms with Crippen LogP contribution >= 0.6 is 0 Å². The van der Waals surface area contributed by atoms with E-state index in [2.05, 4.69) is 0 Å². The van der Waals surface area contributed by atoms with Crippen molar-refractivity contribution in [2.75, 3.05) is 18.8 Å². The van der Waals surface area contributed by atoms with Gasteiger partial charge >= 0.3 is 0 Å². The smallest absolute Gasteiger partial charge is 0.256 e. The molecule has 5 heteroatoms. The second-order valence-corrected chi connectivity index (χ2v) is 4.59. The molecule has 0 radical (unpaired) electrons. The highest BCUT2D eigenvalue weighted by molar-refractivity contribution is 5.99. The molecule has 0 aromatic heterocycles. The lowest BCUT2D eigenvalue weighted by Gasteiger charge is -2.23. The van der Waals surface area contributed by atoms with Crippen molar-refractivity contribution in [1.82, 2.24) is 4.90 Å². The molecule has 1 aromatic carbocycles. The molecule has 2 N–H and O–H groups in total. The number of benzene rings is 1. The molecule has 0 heterocycles. The molecule has 100 valence electrons. The van der Waals surface area contributed by atoms with E-state index in [9.17, 15) is 13.6 Å². The Morgan fingerprint density at radius 2 is 1.89 bits per heavy atom. The molecular formula is C13H18F2N2O. The van der Waals surface area contributed by atoms with Gasteiger partial charge < -0.3 is 10.6 Å². The first-order chi connectivity index (χ1) is 8.36. The number of hydrogen-bond acceptors (Lipinski definition) is 2. The van der Waals surface area contributed by atoms with E-state index in [1.165, 1.54) is 0 Å². The first-order valence-electron chi connectivity index (χ1n) is 5.90. The predicted molar refractivity (Wildman–Crippen MR) is 67.2 cm³/mol. The number of hydrogen-bond donors (Lipinski definition) is 1. The Kier molecular flexibility index (Phi) is 4.64. The summed E-state index contributed by atoms with van der Waals surface area (Å²) in [6.07, 6.45) is 0. The summed E-state index contributed by atoms with van der Waals surface area (Å²) < 4.78 is 26.1. The molecule has 1 rings (SSSR count).